The molecule has 7 heteroatoms. The van der Waals surface area contributed by atoms with Crippen molar-refractivity contribution < 1.29 is 9.25 Å². The normalized spacial score (nSPS) is 21.6. The van der Waals surface area contributed by atoms with Crippen molar-refractivity contribution in [3.05, 3.63) is 52.7 Å². The second-order valence-corrected chi connectivity index (χ2v) is 8.73. The van der Waals surface area contributed by atoms with Gasteiger partial charge in [0.25, 0.3) is 5.56 Å². The zero-order chi connectivity index (χ0) is 21.7. The highest BCUT2D eigenvalue weighted by Crippen LogP contribution is 2.37. The predicted octanol–water partition coefficient (Wildman–Crippen LogP) is 3.84. The van der Waals surface area contributed by atoms with E-state index < -0.39 is 0 Å². The maximum atomic E-state index is 14.0. The first-order valence-electron chi connectivity index (χ1n) is 11.0. The Kier molecular flexibility index (Phi) is 4.76. The lowest BCUT2D eigenvalue weighted by Gasteiger charge is -2.35. The van der Waals surface area contributed by atoms with Crippen LogP contribution in [0.3, 0.4) is 0 Å². The maximum Gasteiger partial charge on any atom is 0.458 e. The highest BCUT2D eigenvalue weighted by Gasteiger charge is 2.31. The van der Waals surface area contributed by atoms with Gasteiger partial charge in [-0.15, -0.1) is 4.52 Å². The highest BCUT2D eigenvalue weighted by atomic mass is 16.5. The molecule has 3 heterocycles. The van der Waals surface area contributed by atoms with Gasteiger partial charge in [-0.2, -0.15) is 0 Å². The molecule has 0 bridgehead atoms. The third-order valence-electron chi connectivity index (χ3n) is 6.90. The van der Waals surface area contributed by atoms with Gasteiger partial charge in [-0.25, -0.2) is 5.10 Å². The Morgan fingerprint density at radius 2 is 1.97 bits per heavy atom. The molecule has 160 valence electrons. The molecule has 3 unspecified atom stereocenters. The topological polar surface area (TPSA) is 76.9 Å². The van der Waals surface area contributed by atoms with Gasteiger partial charge in [0.05, 0.1) is 12.7 Å². The summed E-state index contributed by atoms with van der Waals surface area (Å²) in [4.78, 5) is 23.2. The third-order valence-corrected chi connectivity index (χ3v) is 6.90. The zero-order valence-corrected chi connectivity index (χ0v) is 18.4. The van der Waals surface area contributed by atoms with Gasteiger partial charge in [0, 0.05) is 19.2 Å². The van der Waals surface area contributed by atoms with Crippen LogP contribution in [0.5, 0.6) is 5.75 Å². The number of H-pyrrole nitrogens is 1. The molecule has 0 aliphatic heterocycles. The van der Waals surface area contributed by atoms with Crippen LogP contribution in [0, 0.1) is 18.8 Å². The Labute approximate surface area is 180 Å². The number of aromatic nitrogens is 5. The molecular formula is C24H28N5O2+. The van der Waals surface area contributed by atoms with Gasteiger partial charge < -0.3 is 9.30 Å². The van der Waals surface area contributed by atoms with E-state index in [2.05, 4.69) is 28.9 Å². The number of benzene rings is 1. The summed E-state index contributed by atoms with van der Waals surface area (Å²) in [6, 6.07) is 9.89. The monoisotopic (exact) mass is 418 g/mol. The minimum Gasteiger partial charge on any atom is -0.496 e. The zero-order valence-electron chi connectivity index (χ0n) is 18.4. The number of fused-ring (bicyclic) bond motifs is 2. The summed E-state index contributed by atoms with van der Waals surface area (Å²) in [5, 5.41) is 3.83. The molecule has 1 aromatic carbocycles. The summed E-state index contributed by atoms with van der Waals surface area (Å²) >= 11 is 0. The molecule has 0 spiro atoms. The van der Waals surface area contributed by atoms with Crippen LogP contribution in [0.2, 0.25) is 0 Å². The van der Waals surface area contributed by atoms with Gasteiger partial charge in [-0.3, -0.25) is 4.79 Å². The van der Waals surface area contributed by atoms with E-state index in [0.717, 1.165) is 29.9 Å². The van der Waals surface area contributed by atoms with Gasteiger partial charge in [0.1, 0.15) is 11.1 Å². The van der Waals surface area contributed by atoms with Crippen molar-refractivity contribution >= 4 is 16.7 Å². The molecular weight excluding hydrogens is 390 g/mol. The second kappa shape index (κ2) is 7.48. The van der Waals surface area contributed by atoms with Crippen molar-refractivity contribution in [2.24, 2.45) is 11.8 Å². The molecule has 1 aliphatic rings. The second-order valence-electron chi connectivity index (χ2n) is 8.73. The number of pyridine rings is 1. The van der Waals surface area contributed by atoms with E-state index in [1.807, 2.05) is 48.0 Å². The molecule has 3 atom stereocenters. The predicted molar refractivity (Wildman–Crippen MR) is 119 cm³/mol. The van der Waals surface area contributed by atoms with E-state index in [1.165, 1.54) is 6.42 Å². The Bertz CT molecular complexity index is 1340. The van der Waals surface area contributed by atoms with E-state index in [9.17, 15) is 4.79 Å². The quantitative estimate of drug-likeness (QED) is 0.513. The van der Waals surface area contributed by atoms with Crippen molar-refractivity contribution in [2.75, 3.05) is 7.11 Å². The van der Waals surface area contributed by atoms with Gasteiger partial charge in [0.2, 0.25) is 5.82 Å². The van der Waals surface area contributed by atoms with Crippen LogP contribution in [0.15, 0.2) is 41.3 Å². The van der Waals surface area contributed by atoms with Crippen LogP contribution >= 0.6 is 0 Å². The average Bonchev–Trinajstić information content (AvgIpc) is 3.14. The van der Waals surface area contributed by atoms with Crippen molar-refractivity contribution in [2.45, 2.75) is 46.1 Å². The molecule has 5 rings (SSSR count). The molecule has 3 aromatic heterocycles. The summed E-state index contributed by atoms with van der Waals surface area (Å²) in [5.74, 6) is 3.00. The SMILES string of the molecule is COc1ccccc1-c1c2c(=O)n(C3CCCC(C)C3C)ccc2nc2nc(C)[nH][n+]12. The van der Waals surface area contributed by atoms with E-state index in [-0.39, 0.29) is 11.6 Å². The van der Waals surface area contributed by atoms with Gasteiger partial charge in [0.15, 0.2) is 11.2 Å². The molecule has 1 saturated carbocycles. The third kappa shape index (κ3) is 3.10. The fraction of sp³-hybridized carbons (Fsp3) is 0.417. The summed E-state index contributed by atoms with van der Waals surface area (Å²) in [5.41, 5.74) is 2.19. The minimum atomic E-state index is -0.0153. The standard InChI is InChI=1S/C24H27N5O2/c1-14-8-7-10-19(15(14)2)28-13-12-18-21(23(28)30)22(17-9-5-6-11-20(17)31-4)29-24(26-18)25-16(3)27-29/h5-6,9,11-15,19H,7-8,10H2,1-4H3/p+1. The van der Waals surface area contributed by atoms with Crippen LogP contribution in [0.1, 0.15) is 45.0 Å². The summed E-state index contributed by atoms with van der Waals surface area (Å²) in [7, 11) is 1.64. The Hall–Kier alpha value is -3.22. The molecule has 1 N–H and O–H groups in total. The van der Waals surface area contributed by atoms with E-state index in [1.54, 1.807) is 11.6 Å². The van der Waals surface area contributed by atoms with E-state index in [0.29, 0.717) is 34.3 Å². The molecule has 31 heavy (non-hydrogen) atoms. The Morgan fingerprint density at radius 1 is 1.16 bits per heavy atom. The van der Waals surface area contributed by atoms with Crippen molar-refractivity contribution in [3.8, 4) is 17.0 Å². The molecule has 4 aromatic rings. The maximum absolute atomic E-state index is 14.0. The largest absolute Gasteiger partial charge is 0.496 e. The van der Waals surface area contributed by atoms with Crippen LogP contribution in [-0.4, -0.2) is 26.7 Å². The summed E-state index contributed by atoms with van der Waals surface area (Å²) in [6.45, 7) is 6.44. The van der Waals surface area contributed by atoms with Gasteiger partial charge in [-0.05, 0) is 36.5 Å². The first-order chi connectivity index (χ1) is 15.0. The fourth-order valence-electron chi connectivity index (χ4n) is 5.05. The number of ether oxygens (including phenoxy) is 1. The number of hydrogen-bond donors (Lipinski definition) is 1. The summed E-state index contributed by atoms with van der Waals surface area (Å²) < 4.78 is 9.37. The number of aromatic amines is 1. The number of para-hydroxylation sites is 1. The van der Waals surface area contributed by atoms with Crippen LogP contribution < -0.4 is 14.8 Å². The van der Waals surface area contributed by atoms with Crippen molar-refractivity contribution in [1.82, 2.24) is 19.6 Å². The lowest BCUT2D eigenvalue weighted by molar-refractivity contribution is -0.567. The minimum absolute atomic E-state index is 0.0153. The lowest BCUT2D eigenvalue weighted by Crippen LogP contribution is -2.36. The molecule has 7 nitrogen and oxygen atoms in total. The number of aryl methyl sites for hydroxylation is 1. The highest BCUT2D eigenvalue weighted by molar-refractivity contribution is 5.92. The van der Waals surface area contributed by atoms with Crippen LogP contribution in [-0.2, 0) is 0 Å². The summed E-state index contributed by atoms with van der Waals surface area (Å²) in [6.07, 6.45) is 5.30. The van der Waals surface area contributed by atoms with Crippen molar-refractivity contribution in [1.29, 1.82) is 0 Å². The van der Waals surface area contributed by atoms with E-state index >= 15 is 0 Å². The number of methoxy groups -OCH3 is 1. The first kappa shape index (κ1) is 19.7. The van der Waals surface area contributed by atoms with E-state index in [4.69, 9.17) is 4.74 Å². The fourth-order valence-corrected chi connectivity index (χ4v) is 5.05. The van der Waals surface area contributed by atoms with Gasteiger partial charge in [-0.1, -0.05) is 48.8 Å². The van der Waals surface area contributed by atoms with Crippen LogP contribution in [0.25, 0.3) is 27.9 Å². The Morgan fingerprint density at radius 3 is 2.77 bits per heavy atom. The van der Waals surface area contributed by atoms with Crippen molar-refractivity contribution in [3.63, 3.8) is 0 Å². The number of hydrogen-bond acceptors (Lipinski definition) is 4. The lowest BCUT2D eigenvalue weighted by atomic mass is 9.78. The number of nitrogens with zero attached hydrogens (tertiary/aromatic N) is 4. The number of nitrogens with one attached hydrogen (secondary N) is 1. The number of rotatable bonds is 3. The van der Waals surface area contributed by atoms with Crippen LogP contribution in [0.4, 0.5) is 0 Å². The first-order valence-corrected chi connectivity index (χ1v) is 11.0. The molecule has 0 saturated heterocycles. The average molecular weight is 419 g/mol. The molecule has 0 amide bonds. The smallest absolute Gasteiger partial charge is 0.458 e. The van der Waals surface area contributed by atoms with Gasteiger partial charge >= 0.3 is 5.78 Å². The molecule has 0 radical (unpaired) electrons. The molecule has 1 fully saturated rings. The molecule has 1 aliphatic carbocycles. The Balaban J connectivity index is 1.87.